The van der Waals surface area contributed by atoms with Crippen LogP contribution in [0.4, 0.5) is 0 Å². The van der Waals surface area contributed by atoms with Crippen LogP contribution >= 0.6 is 0 Å². The average molecular weight is 299 g/mol. The number of nitrogens with two attached hydrogens (primary N) is 1. The molecular weight excluding hydrogens is 282 g/mol. The first-order valence-electron chi connectivity index (χ1n) is 6.06. The van der Waals surface area contributed by atoms with Gasteiger partial charge in [-0.05, 0) is 20.8 Å². The Morgan fingerprint density at radius 3 is 2.55 bits per heavy atom. The minimum Gasteiger partial charge on any atom is -0.465 e. The summed E-state index contributed by atoms with van der Waals surface area (Å²) in [5.74, 6) is 1.46. The van der Waals surface area contributed by atoms with Crippen molar-refractivity contribution in [3.05, 3.63) is 34.6 Å². The summed E-state index contributed by atoms with van der Waals surface area (Å²) in [6, 6.07) is 1.67. The number of rotatable bonds is 5. The zero-order valence-corrected chi connectivity index (χ0v) is 12.4. The fraction of sp³-hybridized carbons (Fsp3) is 0.417. The van der Waals surface area contributed by atoms with E-state index >= 15 is 0 Å². The fourth-order valence-electron chi connectivity index (χ4n) is 2.04. The number of sulfonamides is 1. The molecule has 3 N–H and O–H groups in total. The largest absolute Gasteiger partial charge is 0.465 e. The molecule has 110 valence electrons. The van der Waals surface area contributed by atoms with Crippen molar-refractivity contribution in [2.24, 2.45) is 5.73 Å². The normalized spacial score (nSPS) is 12.0. The number of nitrogens with one attached hydrogen (secondary N) is 1. The molecule has 2 rings (SSSR count). The van der Waals surface area contributed by atoms with E-state index in [0.717, 1.165) is 0 Å². The topological polar surface area (TPSA) is 111 Å². The fourth-order valence-corrected chi connectivity index (χ4v) is 3.49. The summed E-state index contributed by atoms with van der Waals surface area (Å²) in [4.78, 5) is 0.109. The predicted molar refractivity (Wildman–Crippen MR) is 71.3 cm³/mol. The molecule has 0 aliphatic rings. The molecule has 7 nitrogen and oxygen atoms in total. The van der Waals surface area contributed by atoms with Crippen molar-refractivity contribution in [1.29, 1.82) is 0 Å². The van der Waals surface area contributed by atoms with Crippen LogP contribution in [0.1, 0.15) is 28.5 Å². The van der Waals surface area contributed by atoms with Gasteiger partial charge in [-0.1, -0.05) is 5.16 Å². The van der Waals surface area contributed by atoms with Crippen molar-refractivity contribution in [2.75, 3.05) is 0 Å². The highest BCUT2D eigenvalue weighted by atomic mass is 32.2. The highest BCUT2D eigenvalue weighted by Gasteiger charge is 2.26. The van der Waals surface area contributed by atoms with Crippen LogP contribution in [0.5, 0.6) is 0 Å². The highest BCUT2D eigenvalue weighted by Crippen LogP contribution is 2.26. The Bertz CT molecular complexity index is 715. The lowest BCUT2D eigenvalue weighted by molar-refractivity contribution is 0.390. The molecule has 8 heteroatoms. The summed E-state index contributed by atoms with van der Waals surface area (Å²) in [6.07, 6.45) is 0. The first-order chi connectivity index (χ1) is 9.35. The van der Waals surface area contributed by atoms with Crippen LogP contribution in [0.15, 0.2) is 19.9 Å². The highest BCUT2D eigenvalue weighted by molar-refractivity contribution is 7.89. The van der Waals surface area contributed by atoms with Crippen molar-refractivity contribution < 1.29 is 17.4 Å². The Kier molecular flexibility index (Phi) is 3.98. The second kappa shape index (κ2) is 5.39. The minimum atomic E-state index is -3.71. The van der Waals surface area contributed by atoms with E-state index in [1.165, 1.54) is 0 Å². The SMILES string of the molecule is Cc1cc(CNS(=O)(=O)c2c(C)oc(C)c2CN)no1. The minimum absolute atomic E-state index is 0.0490. The summed E-state index contributed by atoms with van der Waals surface area (Å²) in [5.41, 5.74) is 6.60. The molecule has 0 unspecified atom stereocenters. The van der Waals surface area contributed by atoms with Gasteiger partial charge >= 0.3 is 0 Å². The molecule has 0 saturated carbocycles. The third-order valence-electron chi connectivity index (χ3n) is 2.92. The Balaban J connectivity index is 2.27. The lowest BCUT2D eigenvalue weighted by atomic mass is 10.2. The van der Waals surface area contributed by atoms with Crippen LogP contribution in [-0.2, 0) is 23.1 Å². The van der Waals surface area contributed by atoms with Gasteiger partial charge in [-0.25, -0.2) is 13.1 Å². The van der Waals surface area contributed by atoms with Crippen molar-refractivity contribution >= 4 is 10.0 Å². The summed E-state index contributed by atoms with van der Waals surface area (Å²) in [7, 11) is -3.71. The van der Waals surface area contributed by atoms with E-state index in [4.69, 9.17) is 14.7 Å². The van der Waals surface area contributed by atoms with E-state index < -0.39 is 10.0 Å². The van der Waals surface area contributed by atoms with Crippen molar-refractivity contribution in [2.45, 2.75) is 38.8 Å². The summed E-state index contributed by atoms with van der Waals surface area (Å²) in [6.45, 7) is 5.17. The van der Waals surface area contributed by atoms with E-state index in [2.05, 4.69) is 9.88 Å². The molecule has 20 heavy (non-hydrogen) atoms. The lowest BCUT2D eigenvalue weighted by Crippen LogP contribution is -2.25. The smallest absolute Gasteiger partial charge is 0.244 e. The van der Waals surface area contributed by atoms with Crippen LogP contribution in [-0.4, -0.2) is 13.6 Å². The quantitative estimate of drug-likeness (QED) is 0.856. The molecule has 2 heterocycles. The second-order valence-corrected chi connectivity index (χ2v) is 6.18. The summed E-state index contributed by atoms with van der Waals surface area (Å²) >= 11 is 0. The van der Waals surface area contributed by atoms with Gasteiger partial charge in [0.25, 0.3) is 0 Å². The van der Waals surface area contributed by atoms with Crippen molar-refractivity contribution in [3.63, 3.8) is 0 Å². The molecule has 0 fully saturated rings. The first kappa shape index (κ1) is 14.8. The molecule has 0 radical (unpaired) electrons. The molecule has 0 saturated heterocycles. The molecule has 0 spiro atoms. The maximum absolute atomic E-state index is 12.3. The standard InChI is InChI=1S/C12H17N3O4S/c1-7-4-10(15-19-7)6-14-20(16,17)12-9(3)18-8(2)11(12)5-13/h4,14H,5-6,13H2,1-3H3. The number of aryl methyl sites for hydroxylation is 3. The maximum Gasteiger partial charge on any atom is 0.244 e. The van der Waals surface area contributed by atoms with Crippen molar-refractivity contribution in [3.8, 4) is 0 Å². The van der Waals surface area contributed by atoms with Crippen LogP contribution in [0, 0.1) is 20.8 Å². The molecule has 0 aromatic carbocycles. The lowest BCUT2D eigenvalue weighted by Gasteiger charge is -2.06. The van der Waals surface area contributed by atoms with Gasteiger partial charge in [0.1, 0.15) is 22.2 Å². The Hall–Kier alpha value is -1.64. The summed E-state index contributed by atoms with van der Waals surface area (Å²) in [5, 5.41) is 3.73. The van der Waals surface area contributed by atoms with Crippen LogP contribution in [0.2, 0.25) is 0 Å². The van der Waals surface area contributed by atoms with Gasteiger partial charge < -0.3 is 14.7 Å². The molecule has 0 atom stereocenters. The summed E-state index contributed by atoms with van der Waals surface area (Å²) < 4.78 is 37.4. The number of hydrogen-bond acceptors (Lipinski definition) is 6. The molecule has 0 amide bonds. The van der Waals surface area contributed by atoms with Crippen LogP contribution in [0.3, 0.4) is 0 Å². The zero-order valence-electron chi connectivity index (χ0n) is 11.6. The number of nitrogens with zero attached hydrogens (tertiary/aromatic N) is 1. The van der Waals surface area contributed by atoms with Gasteiger partial charge in [0.2, 0.25) is 10.0 Å². The van der Waals surface area contributed by atoms with E-state index in [9.17, 15) is 8.42 Å². The van der Waals surface area contributed by atoms with Gasteiger partial charge in [0, 0.05) is 18.2 Å². The van der Waals surface area contributed by atoms with E-state index in [1.54, 1.807) is 26.8 Å². The molecule has 2 aromatic rings. The average Bonchev–Trinajstić information content (AvgIpc) is 2.90. The first-order valence-corrected chi connectivity index (χ1v) is 7.54. The third-order valence-corrected chi connectivity index (χ3v) is 4.51. The second-order valence-electron chi connectivity index (χ2n) is 4.48. The van der Waals surface area contributed by atoms with Crippen molar-refractivity contribution in [1.82, 2.24) is 9.88 Å². The third kappa shape index (κ3) is 2.77. The van der Waals surface area contributed by atoms with E-state index in [1.807, 2.05) is 0 Å². The van der Waals surface area contributed by atoms with Gasteiger partial charge in [0.05, 0.1) is 12.2 Å². The van der Waals surface area contributed by atoms with E-state index in [0.29, 0.717) is 28.5 Å². The van der Waals surface area contributed by atoms with Crippen LogP contribution < -0.4 is 10.5 Å². The Labute approximate surface area is 117 Å². The molecule has 2 aromatic heterocycles. The number of furan rings is 1. The Morgan fingerprint density at radius 1 is 1.30 bits per heavy atom. The molecule has 0 aliphatic carbocycles. The van der Waals surface area contributed by atoms with Crippen LogP contribution in [0.25, 0.3) is 0 Å². The maximum atomic E-state index is 12.3. The molecule has 0 bridgehead atoms. The van der Waals surface area contributed by atoms with Gasteiger partial charge in [0.15, 0.2) is 0 Å². The van der Waals surface area contributed by atoms with Gasteiger partial charge in [-0.3, -0.25) is 0 Å². The molecule has 0 aliphatic heterocycles. The van der Waals surface area contributed by atoms with Gasteiger partial charge in [-0.15, -0.1) is 0 Å². The monoisotopic (exact) mass is 299 g/mol. The zero-order chi connectivity index (χ0) is 14.9. The Morgan fingerprint density at radius 2 is 2.00 bits per heavy atom. The number of hydrogen-bond donors (Lipinski definition) is 2. The predicted octanol–water partition coefficient (Wildman–Crippen LogP) is 1.13. The molecular formula is C12H17N3O4S. The number of aromatic nitrogens is 1. The van der Waals surface area contributed by atoms with E-state index in [-0.39, 0.29) is 18.0 Å². The van der Waals surface area contributed by atoms with Gasteiger partial charge in [-0.2, -0.15) is 0 Å².